The van der Waals surface area contributed by atoms with Crippen LogP contribution in [0.25, 0.3) is 0 Å². The van der Waals surface area contributed by atoms with Crippen LogP contribution in [0.4, 0.5) is 13.2 Å². The molecule has 1 nitrogen and oxygen atoms in total. The SMILES string of the molecule is C#Cc1ccc(OCC(F)F)cc1F. The number of hydrogen-bond donors (Lipinski definition) is 0. The fourth-order valence-corrected chi connectivity index (χ4v) is 0.862. The van der Waals surface area contributed by atoms with Crippen LogP contribution in [0.2, 0.25) is 0 Å². The summed E-state index contributed by atoms with van der Waals surface area (Å²) in [5.74, 6) is 1.50. The van der Waals surface area contributed by atoms with Gasteiger partial charge in [0.25, 0.3) is 6.43 Å². The molecule has 0 bridgehead atoms. The molecule has 0 aliphatic carbocycles. The normalized spacial score (nSPS) is 9.93. The van der Waals surface area contributed by atoms with E-state index in [9.17, 15) is 13.2 Å². The smallest absolute Gasteiger partial charge is 0.272 e. The van der Waals surface area contributed by atoms with Crippen molar-refractivity contribution in [2.45, 2.75) is 6.43 Å². The van der Waals surface area contributed by atoms with Crippen LogP contribution in [-0.2, 0) is 0 Å². The predicted molar refractivity (Wildman–Crippen MR) is 45.8 cm³/mol. The quantitative estimate of drug-likeness (QED) is 0.681. The van der Waals surface area contributed by atoms with Crippen molar-refractivity contribution < 1.29 is 17.9 Å². The molecule has 0 amide bonds. The largest absolute Gasteiger partial charge is 0.488 e. The van der Waals surface area contributed by atoms with Crippen LogP contribution in [0.15, 0.2) is 18.2 Å². The summed E-state index contributed by atoms with van der Waals surface area (Å²) in [6.45, 7) is -0.755. The summed E-state index contributed by atoms with van der Waals surface area (Å²) in [6.07, 6.45) is 2.39. The third kappa shape index (κ3) is 2.70. The molecule has 0 N–H and O–H groups in total. The van der Waals surface area contributed by atoms with E-state index in [0.717, 1.165) is 6.07 Å². The number of rotatable bonds is 3. The van der Waals surface area contributed by atoms with Gasteiger partial charge in [0, 0.05) is 6.07 Å². The van der Waals surface area contributed by atoms with E-state index < -0.39 is 18.8 Å². The van der Waals surface area contributed by atoms with Gasteiger partial charge < -0.3 is 4.74 Å². The number of terminal acetylenes is 1. The molecule has 0 aliphatic rings. The monoisotopic (exact) mass is 200 g/mol. The Labute approximate surface area is 79.5 Å². The second-order valence-corrected chi connectivity index (χ2v) is 2.49. The summed E-state index contributed by atoms with van der Waals surface area (Å²) in [4.78, 5) is 0. The fraction of sp³-hybridized carbons (Fsp3) is 0.200. The Morgan fingerprint density at radius 1 is 1.43 bits per heavy atom. The number of alkyl halides is 2. The minimum Gasteiger partial charge on any atom is -0.488 e. The molecule has 0 radical (unpaired) electrons. The van der Waals surface area contributed by atoms with Crippen molar-refractivity contribution in [1.29, 1.82) is 0 Å². The van der Waals surface area contributed by atoms with Crippen LogP contribution in [-0.4, -0.2) is 13.0 Å². The van der Waals surface area contributed by atoms with Gasteiger partial charge in [0.1, 0.15) is 18.2 Å². The third-order valence-corrected chi connectivity index (χ3v) is 1.47. The molecule has 1 aromatic rings. The van der Waals surface area contributed by atoms with Crippen LogP contribution < -0.4 is 4.74 Å². The Kier molecular flexibility index (Phi) is 3.41. The van der Waals surface area contributed by atoms with Crippen LogP contribution in [0.3, 0.4) is 0 Å². The molecule has 0 spiro atoms. The molecule has 0 aromatic heterocycles. The van der Waals surface area contributed by atoms with Crippen LogP contribution in [0.1, 0.15) is 5.56 Å². The van der Waals surface area contributed by atoms with Crippen LogP contribution in [0, 0.1) is 18.2 Å². The van der Waals surface area contributed by atoms with Crippen molar-refractivity contribution in [2.24, 2.45) is 0 Å². The molecular weight excluding hydrogens is 193 g/mol. The van der Waals surface area contributed by atoms with Gasteiger partial charge in [-0.2, -0.15) is 0 Å². The summed E-state index contributed by atoms with van der Waals surface area (Å²) in [5, 5.41) is 0. The molecular formula is C10H7F3O. The number of benzene rings is 1. The van der Waals surface area contributed by atoms with E-state index in [0.29, 0.717) is 0 Å². The Balaban J connectivity index is 2.73. The van der Waals surface area contributed by atoms with E-state index in [-0.39, 0.29) is 11.3 Å². The summed E-state index contributed by atoms with van der Waals surface area (Å²) < 4.78 is 41.0. The van der Waals surface area contributed by atoms with Gasteiger partial charge in [0.2, 0.25) is 0 Å². The highest BCUT2D eigenvalue weighted by Crippen LogP contribution is 2.16. The molecule has 0 unspecified atom stereocenters. The van der Waals surface area contributed by atoms with Gasteiger partial charge in [-0.1, -0.05) is 5.92 Å². The first-order valence-electron chi connectivity index (χ1n) is 3.80. The van der Waals surface area contributed by atoms with Gasteiger partial charge >= 0.3 is 0 Å². The topological polar surface area (TPSA) is 9.23 Å². The molecule has 0 heterocycles. The summed E-state index contributed by atoms with van der Waals surface area (Å²) in [5.41, 5.74) is 0.0781. The highest BCUT2D eigenvalue weighted by molar-refractivity contribution is 5.38. The lowest BCUT2D eigenvalue weighted by atomic mass is 10.2. The lowest BCUT2D eigenvalue weighted by Crippen LogP contribution is -2.07. The van der Waals surface area contributed by atoms with Crippen LogP contribution in [0.5, 0.6) is 5.75 Å². The number of hydrogen-bond acceptors (Lipinski definition) is 1. The zero-order valence-corrected chi connectivity index (χ0v) is 7.14. The van der Waals surface area contributed by atoms with E-state index in [2.05, 4.69) is 10.7 Å². The Morgan fingerprint density at radius 2 is 2.14 bits per heavy atom. The standard InChI is InChI=1S/C10H7F3O/c1-2-7-3-4-8(5-9(7)11)14-6-10(12)13/h1,3-5,10H,6H2. The molecule has 74 valence electrons. The molecule has 4 heteroatoms. The average Bonchev–Trinajstić information content (AvgIpc) is 2.15. The van der Waals surface area contributed by atoms with Gasteiger partial charge in [-0.25, -0.2) is 13.2 Å². The highest BCUT2D eigenvalue weighted by atomic mass is 19.3. The van der Waals surface area contributed by atoms with Gasteiger partial charge in [0.05, 0.1) is 5.56 Å². The molecule has 1 rings (SSSR count). The minimum atomic E-state index is -2.58. The van der Waals surface area contributed by atoms with E-state index in [1.165, 1.54) is 12.1 Å². The zero-order valence-electron chi connectivity index (χ0n) is 7.14. The minimum absolute atomic E-state index is 0.0433. The van der Waals surface area contributed by atoms with E-state index >= 15 is 0 Å². The first-order valence-corrected chi connectivity index (χ1v) is 3.80. The molecule has 14 heavy (non-hydrogen) atoms. The van der Waals surface area contributed by atoms with Crippen molar-refractivity contribution in [3.63, 3.8) is 0 Å². The van der Waals surface area contributed by atoms with E-state index in [4.69, 9.17) is 6.42 Å². The van der Waals surface area contributed by atoms with Crippen molar-refractivity contribution in [2.75, 3.05) is 6.61 Å². The van der Waals surface area contributed by atoms with Crippen molar-refractivity contribution >= 4 is 0 Å². The zero-order chi connectivity index (χ0) is 10.6. The number of ether oxygens (including phenoxy) is 1. The molecule has 1 aromatic carbocycles. The Bertz CT molecular complexity index is 355. The van der Waals surface area contributed by atoms with Gasteiger partial charge in [-0.3, -0.25) is 0 Å². The second kappa shape index (κ2) is 4.56. The molecule has 0 saturated carbocycles. The molecule has 0 fully saturated rings. The van der Waals surface area contributed by atoms with Gasteiger partial charge in [-0.15, -0.1) is 6.42 Å². The average molecular weight is 200 g/mol. The fourth-order valence-electron chi connectivity index (χ4n) is 0.862. The van der Waals surface area contributed by atoms with E-state index in [1.807, 2.05) is 0 Å². The maximum absolute atomic E-state index is 13.0. The predicted octanol–water partition coefficient (Wildman–Crippen LogP) is 2.45. The van der Waals surface area contributed by atoms with E-state index in [1.54, 1.807) is 0 Å². The first-order chi connectivity index (χ1) is 6.63. The lowest BCUT2D eigenvalue weighted by molar-refractivity contribution is 0.0817. The summed E-state index contributed by atoms with van der Waals surface area (Å²) >= 11 is 0. The number of halogens is 3. The molecule has 0 saturated heterocycles. The van der Waals surface area contributed by atoms with Gasteiger partial charge in [-0.05, 0) is 12.1 Å². The lowest BCUT2D eigenvalue weighted by Gasteiger charge is -2.05. The van der Waals surface area contributed by atoms with Crippen molar-refractivity contribution in [1.82, 2.24) is 0 Å². The Morgan fingerprint density at radius 3 is 2.64 bits per heavy atom. The van der Waals surface area contributed by atoms with Crippen LogP contribution >= 0.6 is 0 Å². The maximum atomic E-state index is 13.0. The summed E-state index contributed by atoms with van der Waals surface area (Å²) in [7, 11) is 0. The first kappa shape index (κ1) is 10.5. The van der Waals surface area contributed by atoms with Crippen molar-refractivity contribution in [3.8, 4) is 18.1 Å². The third-order valence-electron chi connectivity index (χ3n) is 1.47. The highest BCUT2D eigenvalue weighted by Gasteiger charge is 2.05. The molecule has 0 atom stereocenters. The van der Waals surface area contributed by atoms with Gasteiger partial charge in [0.15, 0.2) is 0 Å². The molecule has 0 aliphatic heterocycles. The van der Waals surface area contributed by atoms with Crippen molar-refractivity contribution in [3.05, 3.63) is 29.6 Å². The summed E-state index contributed by atoms with van der Waals surface area (Å²) in [6, 6.07) is 3.63. The maximum Gasteiger partial charge on any atom is 0.272 e. The Hall–Kier alpha value is -1.63. The second-order valence-electron chi connectivity index (χ2n) is 2.49.